The fourth-order valence-electron chi connectivity index (χ4n) is 3.20. The molecule has 1 heterocycles. The fourth-order valence-corrected chi connectivity index (χ4v) is 4.75. The molecule has 0 saturated carbocycles. The maximum Gasteiger partial charge on any atom is 0.234 e. The van der Waals surface area contributed by atoms with Crippen molar-refractivity contribution in [1.29, 1.82) is 0 Å². The summed E-state index contributed by atoms with van der Waals surface area (Å²) in [5, 5.41) is 2.94. The second kappa shape index (κ2) is 10.8. The molecule has 1 fully saturated rings. The van der Waals surface area contributed by atoms with Crippen molar-refractivity contribution in [3.05, 3.63) is 29.8 Å². The third kappa shape index (κ3) is 7.07. The standard InChI is InChI=1S/C20H34N4O3S/c1-4-5-6-15-28(26,27)24-13-11-23(12-14-24)17-20(25)21-16-18-7-9-19(10-8-18)22(2)3/h7-10H,4-6,11-17H2,1-3H3,(H,21,25). The molecule has 28 heavy (non-hydrogen) atoms. The Bertz CT molecular complexity index is 711. The van der Waals surface area contributed by atoms with E-state index < -0.39 is 10.0 Å². The van der Waals surface area contributed by atoms with Crippen LogP contribution < -0.4 is 10.2 Å². The highest BCUT2D eigenvalue weighted by Crippen LogP contribution is 2.12. The van der Waals surface area contributed by atoms with E-state index in [4.69, 9.17) is 0 Å². The van der Waals surface area contributed by atoms with Gasteiger partial charge in [0.25, 0.3) is 0 Å². The van der Waals surface area contributed by atoms with Gasteiger partial charge < -0.3 is 10.2 Å². The van der Waals surface area contributed by atoms with Crippen molar-refractivity contribution in [3.63, 3.8) is 0 Å². The molecule has 1 aromatic carbocycles. The van der Waals surface area contributed by atoms with E-state index in [1.54, 1.807) is 4.31 Å². The second-order valence-electron chi connectivity index (χ2n) is 7.54. The van der Waals surface area contributed by atoms with E-state index in [2.05, 4.69) is 12.2 Å². The van der Waals surface area contributed by atoms with Crippen molar-refractivity contribution in [3.8, 4) is 0 Å². The Labute approximate surface area is 169 Å². The van der Waals surface area contributed by atoms with E-state index in [0.29, 0.717) is 39.3 Å². The van der Waals surface area contributed by atoms with Gasteiger partial charge in [0.2, 0.25) is 15.9 Å². The van der Waals surface area contributed by atoms with E-state index in [9.17, 15) is 13.2 Å². The minimum absolute atomic E-state index is 0.0315. The second-order valence-corrected chi connectivity index (χ2v) is 9.62. The van der Waals surface area contributed by atoms with Crippen LogP contribution in [0.1, 0.15) is 31.7 Å². The molecule has 8 heteroatoms. The summed E-state index contributed by atoms with van der Waals surface area (Å²) < 4.78 is 26.3. The Kier molecular flexibility index (Phi) is 8.72. The summed E-state index contributed by atoms with van der Waals surface area (Å²) in [6.07, 6.45) is 2.67. The molecule has 0 bridgehead atoms. The molecule has 0 aromatic heterocycles. The van der Waals surface area contributed by atoms with Crippen LogP contribution in [0.2, 0.25) is 0 Å². The number of nitrogens with zero attached hydrogens (tertiary/aromatic N) is 3. The smallest absolute Gasteiger partial charge is 0.234 e. The summed E-state index contributed by atoms with van der Waals surface area (Å²) in [5.41, 5.74) is 2.18. The number of unbranched alkanes of at least 4 members (excludes halogenated alkanes) is 2. The number of rotatable bonds is 10. The Morgan fingerprint density at radius 2 is 1.71 bits per heavy atom. The van der Waals surface area contributed by atoms with Crippen LogP contribution in [0.25, 0.3) is 0 Å². The van der Waals surface area contributed by atoms with Gasteiger partial charge in [-0.25, -0.2) is 8.42 Å². The number of anilines is 1. The van der Waals surface area contributed by atoms with E-state index in [1.807, 2.05) is 48.2 Å². The van der Waals surface area contributed by atoms with E-state index in [0.717, 1.165) is 30.5 Å². The molecule has 0 unspecified atom stereocenters. The topological polar surface area (TPSA) is 73.0 Å². The number of benzene rings is 1. The molecule has 1 saturated heterocycles. The molecule has 0 radical (unpaired) electrons. The molecule has 158 valence electrons. The Morgan fingerprint density at radius 3 is 2.29 bits per heavy atom. The van der Waals surface area contributed by atoms with E-state index in [-0.39, 0.29) is 11.7 Å². The fraction of sp³-hybridized carbons (Fsp3) is 0.650. The number of amides is 1. The third-order valence-electron chi connectivity index (χ3n) is 5.04. The molecule has 0 atom stereocenters. The van der Waals surface area contributed by atoms with Crippen LogP contribution >= 0.6 is 0 Å². The zero-order valence-corrected chi connectivity index (χ0v) is 18.2. The van der Waals surface area contributed by atoms with E-state index in [1.165, 1.54) is 0 Å². The molecule has 1 aliphatic heterocycles. The monoisotopic (exact) mass is 410 g/mol. The van der Waals surface area contributed by atoms with Gasteiger partial charge in [-0.2, -0.15) is 4.31 Å². The van der Waals surface area contributed by atoms with Crippen LogP contribution in [0.4, 0.5) is 5.69 Å². The first kappa shape index (κ1) is 22.6. The Hall–Kier alpha value is -1.64. The molecule has 1 amide bonds. The van der Waals surface area contributed by atoms with Crippen molar-refractivity contribution >= 4 is 21.6 Å². The van der Waals surface area contributed by atoms with Gasteiger partial charge in [0.15, 0.2) is 0 Å². The molecule has 2 rings (SSSR count). The van der Waals surface area contributed by atoms with Gasteiger partial charge >= 0.3 is 0 Å². The summed E-state index contributed by atoms with van der Waals surface area (Å²) in [6.45, 7) is 4.99. The minimum Gasteiger partial charge on any atom is -0.378 e. The van der Waals surface area contributed by atoms with Crippen LogP contribution in [-0.2, 0) is 21.4 Å². The molecule has 0 aliphatic carbocycles. The molecule has 1 N–H and O–H groups in total. The van der Waals surface area contributed by atoms with Crippen molar-refractivity contribution in [1.82, 2.24) is 14.5 Å². The highest BCUT2D eigenvalue weighted by Gasteiger charge is 2.27. The van der Waals surface area contributed by atoms with Gasteiger partial charge in [-0.3, -0.25) is 9.69 Å². The normalized spacial score (nSPS) is 16.1. The SMILES string of the molecule is CCCCCS(=O)(=O)N1CCN(CC(=O)NCc2ccc(N(C)C)cc2)CC1. The largest absolute Gasteiger partial charge is 0.378 e. The zero-order chi connectivity index (χ0) is 20.6. The van der Waals surface area contributed by atoms with Gasteiger partial charge in [0, 0.05) is 52.5 Å². The number of nitrogens with one attached hydrogen (secondary N) is 1. The number of carbonyl (C=O) groups excluding carboxylic acids is 1. The number of carbonyl (C=O) groups is 1. The summed E-state index contributed by atoms with van der Waals surface area (Å²) >= 11 is 0. The summed E-state index contributed by atoms with van der Waals surface area (Å²) in [7, 11) is 0.825. The molecular weight excluding hydrogens is 376 g/mol. The van der Waals surface area contributed by atoms with Gasteiger partial charge in [-0.05, 0) is 24.1 Å². The maximum atomic E-state index is 12.3. The Morgan fingerprint density at radius 1 is 1.07 bits per heavy atom. The Balaban J connectivity index is 1.71. The number of hydrogen-bond acceptors (Lipinski definition) is 5. The molecule has 7 nitrogen and oxygen atoms in total. The van der Waals surface area contributed by atoms with Gasteiger partial charge in [-0.15, -0.1) is 0 Å². The quantitative estimate of drug-likeness (QED) is 0.592. The average molecular weight is 411 g/mol. The first-order chi connectivity index (χ1) is 13.3. The highest BCUT2D eigenvalue weighted by molar-refractivity contribution is 7.89. The summed E-state index contributed by atoms with van der Waals surface area (Å²) in [4.78, 5) is 16.3. The minimum atomic E-state index is -3.16. The van der Waals surface area contributed by atoms with Crippen LogP contribution in [0.5, 0.6) is 0 Å². The third-order valence-corrected chi connectivity index (χ3v) is 7.00. The molecule has 0 spiro atoms. The van der Waals surface area contributed by atoms with Crippen LogP contribution in [0.15, 0.2) is 24.3 Å². The molecule has 1 aliphatic rings. The van der Waals surface area contributed by atoms with Gasteiger partial charge in [0.1, 0.15) is 0 Å². The van der Waals surface area contributed by atoms with Crippen LogP contribution in [-0.4, -0.2) is 76.1 Å². The summed E-state index contributed by atoms with van der Waals surface area (Å²) in [6, 6.07) is 8.08. The lowest BCUT2D eigenvalue weighted by Gasteiger charge is -2.33. The lowest BCUT2D eigenvalue weighted by molar-refractivity contribution is -0.122. The van der Waals surface area contributed by atoms with E-state index >= 15 is 0 Å². The summed E-state index contributed by atoms with van der Waals surface area (Å²) in [5.74, 6) is 0.199. The van der Waals surface area contributed by atoms with Gasteiger partial charge in [0.05, 0.1) is 12.3 Å². The maximum absolute atomic E-state index is 12.3. The van der Waals surface area contributed by atoms with Crippen molar-refractivity contribution in [2.75, 3.05) is 57.5 Å². The molecule has 1 aromatic rings. The van der Waals surface area contributed by atoms with Gasteiger partial charge in [-0.1, -0.05) is 31.9 Å². The first-order valence-corrected chi connectivity index (χ1v) is 11.7. The lowest BCUT2D eigenvalue weighted by Crippen LogP contribution is -2.51. The van der Waals surface area contributed by atoms with Crippen molar-refractivity contribution < 1.29 is 13.2 Å². The molecular formula is C20H34N4O3S. The highest BCUT2D eigenvalue weighted by atomic mass is 32.2. The number of sulfonamides is 1. The zero-order valence-electron chi connectivity index (χ0n) is 17.4. The number of hydrogen-bond donors (Lipinski definition) is 1. The van der Waals surface area contributed by atoms with Crippen molar-refractivity contribution in [2.45, 2.75) is 32.7 Å². The first-order valence-electron chi connectivity index (χ1n) is 10.0. The van der Waals surface area contributed by atoms with Crippen LogP contribution in [0, 0.1) is 0 Å². The predicted octanol–water partition coefficient (Wildman–Crippen LogP) is 1.51. The predicted molar refractivity (Wildman–Crippen MR) is 114 cm³/mol. The van der Waals surface area contributed by atoms with Crippen LogP contribution in [0.3, 0.4) is 0 Å². The average Bonchev–Trinajstić information content (AvgIpc) is 2.67. The lowest BCUT2D eigenvalue weighted by atomic mass is 10.2. The van der Waals surface area contributed by atoms with Crippen molar-refractivity contribution in [2.24, 2.45) is 0 Å². The number of piperazine rings is 1.